The van der Waals surface area contributed by atoms with Gasteiger partial charge in [-0.2, -0.15) is 0 Å². The van der Waals surface area contributed by atoms with E-state index in [9.17, 15) is 0 Å². The van der Waals surface area contributed by atoms with Crippen LogP contribution < -0.4 is 0 Å². The number of pyridine rings is 1. The van der Waals surface area contributed by atoms with Gasteiger partial charge in [0.05, 0.1) is 0 Å². The summed E-state index contributed by atoms with van der Waals surface area (Å²) in [6.07, 6.45) is 3.63. The molecule has 0 spiro atoms. The summed E-state index contributed by atoms with van der Waals surface area (Å²) in [5.74, 6) is 0. The lowest BCUT2D eigenvalue weighted by atomic mass is 9.86. The van der Waals surface area contributed by atoms with Gasteiger partial charge in [-0.1, -0.05) is 39.0 Å². The Kier molecular flexibility index (Phi) is 2.02. The van der Waals surface area contributed by atoms with E-state index in [1.54, 1.807) is 6.20 Å². The van der Waals surface area contributed by atoms with Crippen LogP contribution in [0.1, 0.15) is 26.3 Å². The van der Waals surface area contributed by atoms with Crippen LogP contribution in [0.3, 0.4) is 0 Å². The Morgan fingerprint density at radius 3 is 2.65 bits per heavy atom. The van der Waals surface area contributed by atoms with Gasteiger partial charge in [-0.3, -0.25) is 4.98 Å². The molecular formula is C15H15NO. The summed E-state index contributed by atoms with van der Waals surface area (Å²) in [7, 11) is 0. The summed E-state index contributed by atoms with van der Waals surface area (Å²) in [4.78, 5) is 4.17. The molecule has 3 aromatic rings. The van der Waals surface area contributed by atoms with E-state index in [0.717, 1.165) is 21.9 Å². The van der Waals surface area contributed by atoms with Crippen LogP contribution in [-0.4, -0.2) is 4.98 Å². The Balaban J connectivity index is 2.48. The molecule has 2 aromatic heterocycles. The van der Waals surface area contributed by atoms with Crippen molar-refractivity contribution in [3.8, 4) is 0 Å². The van der Waals surface area contributed by atoms with Crippen molar-refractivity contribution in [3.63, 3.8) is 0 Å². The molecule has 0 aliphatic heterocycles. The van der Waals surface area contributed by atoms with Gasteiger partial charge < -0.3 is 4.42 Å². The smallest absolute Gasteiger partial charge is 0.139 e. The van der Waals surface area contributed by atoms with E-state index in [0.29, 0.717) is 0 Å². The second-order valence-electron chi connectivity index (χ2n) is 5.41. The molecule has 0 atom stereocenters. The summed E-state index contributed by atoms with van der Waals surface area (Å²) in [5, 5.41) is 2.24. The first kappa shape index (κ1) is 10.3. The summed E-state index contributed by atoms with van der Waals surface area (Å²) < 4.78 is 5.97. The number of furan rings is 1. The van der Waals surface area contributed by atoms with E-state index in [2.05, 4.69) is 44.0 Å². The molecule has 0 saturated heterocycles. The normalized spacial score (nSPS) is 12.4. The van der Waals surface area contributed by atoms with Gasteiger partial charge in [0.25, 0.3) is 0 Å². The van der Waals surface area contributed by atoms with E-state index in [1.807, 2.05) is 12.3 Å². The van der Waals surface area contributed by atoms with E-state index in [4.69, 9.17) is 4.42 Å². The second kappa shape index (κ2) is 3.33. The summed E-state index contributed by atoms with van der Waals surface area (Å²) in [6.45, 7) is 6.60. The molecule has 0 unspecified atom stereocenters. The third kappa shape index (κ3) is 1.52. The van der Waals surface area contributed by atoms with Crippen molar-refractivity contribution in [3.05, 3.63) is 42.2 Å². The predicted molar refractivity (Wildman–Crippen MR) is 70.2 cm³/mol. The Hall–Kier alpha value is -1.83. The molecule has 1 aromatic carbocycles. The maximum atomic E-state index is 5.97. The first-order chi connectivity index (χ1) is 8.07. The molecule has 0 amide bonds. The zero-order valence-electron chi connectivity index (χ0n) is 10.3. The lowest BCUT2D eigenvalue weighted by molar-refractivity contribution is 0.573. The fourth-order valence-electron chi connectivity index (χ4n) is 2.23. The Morgan fingerprint density at radius 1 is 1.06 bits per heavy atom. The number of hydrogen-bond acceptors (Lipinski definition) is 2. The average Bonchev–Trinajstić information content (AvgIpc) is 2.65. The monoisotopic (exact) mass is 225 g/mol. The van der Waals surface area contributed by atoms with E-state index < -0.39 is 0 Å². The highest BCUT2D eigenvalue weighted by molar-refractivity contribution is 6.05. The molecule has 2 heterocycles. The fourth-order valence-corrected chi connectivity index (χ4v) is 2.23. The highest BCUT2D eigenvalue weighted by Gasteiger charge is 2.20. The van der Waals surface area contributed by atoms with Crippen LogP contribution in [0.5, 0.6) is 0 Å². The van der Waals surface area contributed by atoms with Crippen LogP contribution >= 0.6 is 0 Å². The summed E-state index contributed by atoms with van der Waals surface area (Å²) in [6, 6.07) is 8.24. The minimum absolute atomic E-state index is 0.0841. The maximum absolute atomic E-state index is 5.97. The van der Waals surface area contributed by atoms with Gasteiger partial charge in [-0.25, -0.2) is 0 Å². The molecule has 0 aliphatic carbocycles. The third-order valence-corrected chi connectivity index (χ3v) is 3.11. The maximum Gasteiger partial charge on any atom is 0.139 e. The van der Waals surface area contributed by atoms with E-state index >= 15 is 0 Å². The van der Waals surface area contributed by atoms with Crippen LogP contribution in [0.2, 0.25) is 0 Å². The van der Waals surface area contributed by atoms with Crippen LogP contribution in [0.15, 0.2) is 41.1 Å². The van der Waals surface area contributed by atoms with Crippen molar-refractivity contribution >= 4 is 21.9 Å². The standard InChI is InChI=1S/C15H15NO/c1-15(2,3)12-6-4-5-10-11-9-16-8-7-13(11)17-14(10)12/h4-9H,1-3H3. The zero-order chi connectivity index (χ0) is 12.0. The van der Waals surface area contributed by atoms with Gasteiger partial charge in [0.2, 0.25) is 0 Å². The molecule has 86 valence electrons. The predicted octanol–water partition coefficient (Wildman–Crippen LogP) is 4.28. The SMILES string of the molecule is CC(C)(C)c1cccc2c1oc1ccncc12. The highest BCUT2D eigenvalue weighted by atomic mass is 16.3. The first-order valence-electron chi connectivity index (χ1n) is 5.83. The van der Waals surface area contributed by atoms with Crippen LogP contribution in [0, 0.1) is 0 Å². The van der Waals surface area contributed by atoms with Crippen LogP contribution in [0.4, 0.5) is 0 Å². The molecule has 2 heteroatoms. The minimum atomic E-state index is 0.0841. The molecule has 0 radical (unpaired) electrons. The Labute approximate surface area is 100 Å². The van der Waals surface area contributed by atoms with Crippen molar-refractivity contribution in [2.45, 2.75) is 26.2 Å². The molecule has 0 fully saturated rings. The fraction of sp³-hybridized carbons (Fsp3) is 0.267. The minimum Gasteiger partial charge on any atom is -0.456 e. The number of hydrogen-bond donors (Lipinski definition) is 0. The Bertz CT molecular complexity index is 689. The molecule has 0 bridgehead atoms. The van der Waals surface area contributed by atoms with Gasteiger partial charge in [-0.05, 0) is 11.5 Å². The topological polar surface area (TPSA) is 26.0 Å². The van der Waals surface area contributed by atoms with Gasteiger partial charge in [0, 0.05) is 28.7 Å². The average molecular weight is 225 g/mol. The number of para-hydroxylation sites is 1. The van der Waals surface area contributed by atoms with Gasteiger partial charge in [-0.15, -0.1) is 0 Å². The van der Waals surface area contributed by atoms with Crippen molar-refractivity contribution < 1.29 is 4.42 Å². The number of nitrogens with zero attached hydrogens (tertiary/aromatic N) is 1. The van der Waals surface area contributed by atoms with Crippen molar-refractivity contribution in [1.29, 1.82) is 0 Å². The summed E-state index contributed by atoms with van der Waals surface area (Å²) >= 11 is 0. The zero-order valence-corrected chi connectivity index (χ0v) is 10.3. The lowest BCUT2D eigenvalue weighted by Gasteiger charge is -2.18. The van der Waals surface area contributed by atoms with Crippen molar-refractivity contribution in [2.75, 3.05) is 0 Å². The Morgan fingerprint density at radius 2 is 1.88 bits per heavy atom. The second-order valence-corrected chi connectivity index (χ2v) is 5.41. The molecule has 0 aliphatic rings. The van der Waals surface area contributed by atoms with E-state index in [-0.39, 0.29) is 5.41 Å². The number of fused-ring (bicyclic) bond motifs is 3. The van der Waals surface area contributed by atoms with Crippen LogP contribution in [0.25, 0.3) is 21.9 Å². The quantitative estimate of drug-likeness (QED) is 0.570. The molecule has 0 saturated carbocycles. The largest absolute Gasteiger partial charge is 0.456 e. The van der Waals surface area contributed by atoms with Gasteiger partial charge in [0.1, 0.15) is 11.2 Å². The molecule has 0 N–H and O–H groups in total. The lowest BCUT2D eigenvalue weighted by Crippen LogP contribution is -2.10. The highest BCUT2D eigenvalue weighted by Crippen LogP contribution is 2.35. The van der Waals surface area contributed by atoms with Crippen LogP contribution in [-0.2, 0) is 5.41 Å². The third-order valence-electron chi connectivity index (χ3n) is 3.11. The molecule has 2 nitrogen and oxygen atoms in total. The molecule has 17 heavy (non-hydrogen) atoms. The van der Waals surface area contributed by atoms with Gasteiger partial charge in [0.15, 0.2) is 0 Å². The van der Waals surface area contributed by atoms with E-state index in [1.165, 1.54) is 5.56 Å². The number of rotatable bonds is 0. The van der Waals surface area contributed by atoms with Crippen molar-refractivity contribution in [1.82, 2.24) is 4.98 Å². The van der Waals surface area contributed by atoms with Gasteiger partial charge >= 0.3 is 0 Å². The first-order valence-corrected chi connectivity index (χ1v) is 5.83. The summed E-state index contributed by atoms with van der Waals surface area (Å²) in [5.41, 5.74) is 3.22. The number of aromatic nitrogens is 1. The van der Waals surface area contributed by atoms with Crippen molar-refractivity contribution in [2.24, 2.45) is 0 Å². The molecular weight excluding hydrogens is 210 g/mol. The number of benzene rings is 1. The molecule has 3 rings (SSSR count).